The van der Waals surface area contributed by atoms with E-state index in [1.165, 1.54) is 14.2 Å². The van der Waals surface area contributed by atoms with Crippen molar-refractivity contribution in [2.24, 2.45) is 0 Å². The lowest BCUT2D eigenvalue weighted by molar-refractivity contribution is 0.374. The van der Waals surface area contributed by atoms with Crippen molar-refractivity contribution in [2.45, 2.75) is 30.3 Å². The van der Waals surface area contributed by atoms with E-state index >= 15 is 0 Å². The van der Waals surface area contributed by atoms with Crippen LogP contribution >= 0.6 is 11.3 Å². The van der Waals surface area contributed by atoms with Gasteiger partial charge in [0.1, 0.15) is 16.4 Å². The van der Waals surface area contributed by atoms with Crippen LogP contribution in [0, 0.1) is 0 Å². The molecule has 1 heterocycles. The van der Waals surface area contributed by atoms with Crippen LogP contribution in [0.25, 0.3) is 0 Å². The van der Waals surface area contributed by atoms with Gasteiger partial charge in [-0.2, -0.15) is 15.6 Å². The van der Waals surface area contributed by atoms with Gasteiger partial charge in [-0.05, 0) is 47.4 Å². The second-order valence-corrected chi connectivity index (χ2v) is 8.07. The molecule has 124 valence electrons. The largest absolute Gasteiger partial charge is 0.497 e. The van der Waals surface area contributed by atoms with Crippen molar-refractivity contribution in [3.05, 3.63) is 40.6 Å². The van der Waals surface area contributed by atoms with Gasteiger partial charge in [-0.15, -0.1) is 0 Å². The van der Waals surface area contributed by atoms with Crippen molar-refractivity contribution in [1.29, 1.82) is 0 Å². The van der Waals surface area contributed by atoms with E-state index in [1.807, 2.05) is 16.8 Å². The van der Waals surface area contributed by atoms with Crippen molar-refractivity contribution >= 4 is 21.4 Å². The fourth-order valence-corrected chi connectivity index (χ4v) is 4.92. The van der Waals surface area contributed by atoms with E-state index in [0.29, 0.717) is 18.0 Å². The Hall–Kier alpha value is -1.57. The van der Waals surface area contributed by atoms with Gasteiger partial charge >= 0.3 is 0 Å². The second kappa shape index (κ2) is 6.51. The molecule has 0 N–H and O–H groups in total. The monoisotopic (exact) mass is 353 g/mol. The van der Waals surface area contributed by atoms with Gasteiger partial charge < -0.3 is 9.47 Å². The third-order valence-corrected chi connectivity index (χ3v) is 6.50. The van der Waals surface area contributed by atoms with Crippen LogP contribution < -0.4 is 9.47 Å². The van der Waals surface area contributed by atoms with E-state index in [0.717, 1.165) is 18.4 Å². The van der Waals surface area contributed by atoms with Crippen LogP contribution in [-0.4, -0.2) is 33.0 Å². The van der Waals surface area contributed by atoms with E-state index in [2.05, 4.69) is 0 Å². The van der Waals surface area contributed by atoms with Gasteiger partial charge in [0.2, 0.25) is 10.0 Å². The Morgan fingerprint density at radius 2 is 2.00 bits per heavy atom. The maximum atomic E-state index is 13.1. The summed E-state index contributed by atoms with van der Waals surface area (Å²) in [6.07, 6.45) is 1.81. The van der Waals surface area contributed by atoms with Crippen molar-refractivity contribution in [3.8, 4) is 11.5 Å². The summed E-state index contributed by atoms with van der Waals surface area (Å²) in [6.45, 7) is 0.395. The average molecular weight is 353 g/mol. The highest BCUT2D eigenvalue weighted by Crippen LogP contribution is 2.37. The van der Waals surface area contributed by atoms with Crippen LogP contribution in [0.3, 0.4) is 0 Å². The number of thiophene rings is 1. The molecule has 7 heteroatoms. The van der Waals surface area contributed by atoms with Gasteiger partial charge in [-0.3, -0.25) is 0 Å². The van der Waals surface area contributed by atoms with E-state index < -0.39 is 10.0 Å². The van der Waals surface area contributed by atoms with Crippen LogP contribution in [0.5, 0.6) is 11.5 Å². The first kappa shape index (κ1) is 16.3. The van der Waals surface area contributed by atoms with Crippen LogP contribution in [0.1, 0.15) is 18.4 Å². The molecule has 0 amide bonds. The minimum atomic E-state index is -3.62. The summed E-state index contributed by atoms with van der Waals surface area (Å²) in [5, 5.41) is 3.94. The highest BCUT2D eigenvalue weighted by atomic mass is 32.2. The molecule has 0 aliphatic heterocycles. The van der Waals surface area contributed by atoms with Gasteiger partial charge in [-0.25, -0.2) is 8.42 Å². The number of rotatable bonds is 7. The first-order chi connectivity index (χ1) is 11.1. The lowest BCUT2D eigenvalue weighted by atomic mass is 10.3. The highest BCUT2D eigenvalue weighted by Gasteiger charge is 2.39. The summed E-state index contributed by atoms with van der Waals surface area (Å²) in [7, 11) is -0.620. The molecule has 0 unspecified atom stereocenters. The smallest absolute Gasteiger partial charge is 0.247 e. The zero-order chi connectivity index (χ0) is 16.4. The number of sulfonamides is 1. The van der Waals surface area contributed by atoms with Crippen molar-refractivity contribution < 1.29 is 17.9 Å². The summed E-state index contributed by atoms with van der Waals surface area (Å²) in [5.41, 5.74) is 1.01. The molecule has 23 heavy (non-hydrogen) atoms. The molecule has 0 saturated heterocycles. The Bertz CT molecular complexity index is 767. The predicted octanol–water partition coefficient (Wildman–Crippen LogP) is 3.12. The van der Waals surface area contributed by atoms with Crippen LogP contribution in [-0.2, 0) is 16.6 Å². The highest BCUT2D eigenvalue weighted by molar-refractivity contribution is 7.89. The van der Waals surface area contributed by atoms with Gasteiger partial charge in [-0.1, -0.05) is 0 Å². The molecule has 1 saturated carbocycles. The molecule has 1 aromatic heterocycles. The van der Waals surface area contributed by atoms with Crippen molar-refractivity contribution in [2.75, 3.05) is 14.2 Å². The second-order valence-electron chi connectivity index (χ2n) is 5.43. The summed E-state index contributed by atoms with van der Waals surface area (Å²) >= 11 is 1.57. The van der Waals surface area contributed by atoms with Gasteiger partial charge in [0, 0.05) is 18.7 Å². The molecule has 2 aromatic rings. The van der Waals surface area contributed by atoms with E-state index in [9.17, 15) is 8.42 Å². The number of hydrogen-bond donors (Lipinski definition) is 0. The standard InChI is InChI=1S/C16H19NO4S2/c1-20-14-5-6-16(15(9-14)21-2)23(18,19)17(13-3-4-13)10-12-7-8-22-11-12/h5-9,11,13H,3-4,10H2,1-2H3. The molecule has 1 aliphatic carbocycles. The minimum Gasteiger partial charge on any atom is -0.497 e. The van der Waals surface area contributed by atoms with Crippen LogP contribution in [0.15, 0.2) is 39.9 Å². The molecule has 3 rings (SSSR count). The molecular weight excluding hydrogens is 334 g/mol. The van der Waals surface area contributed by atoms with Gasteiger partial charge in [0.15, 0.2) is 0 Å². The zero-order valence-electron chi connectivity index (χ0n) is 13.1. The quantitative estimate of drug-likeness (QED) is 0.767. The van der Waals surface area contributed by atoms with E-state index in [1.54, 1.807) is 33.8 Å². The summed E-state index contributed by atoms with van der Waals surface area (Å²) in [6, 6.07) is 6.83. The summed E-state index contributed by atoms with van der Waals surface area (Å²) in [4.78, 5) is 0.183. The lowest BCUT2D eigenvalue weighted by Crippen LogP contribution is -2.32. The number of methoxy groups -OCH3 is 2. The number of ether oxygens (including phenoxy) is 2. The number of hydrogen-bond acceptors (Lipinski definition) is 5. The van der Waals surface area contributed by atoms with Gasteiger partial charge in [0.05, 0.1) is 14.2 Å². The Kier molecular flexibility index (Phi) is 4.61. The Labute approximate surface area is 140 Å². The van der Waals surface area contributed by atoms with Crippen LogP contribution in [0.4, 0.5) is 0 Å². The normalized spacial score (nSPS) is 14.9. The first-order valence-corrected chi connectivity index (χ1v) is 9.69. The molecule has 1 aliphatic rings. The molecule has 1 fully saturated rings. The van der Waals surface area contributed by atoms with Gasteiger partial charge in [0.25, 0.3) is 0 Å². The summed E-state index contributed by atoms with van der Waals surface area (Å²) < 4.78 is 38.3. The molecule has 0 atom stereocenters. The first-order valence-electron chi connectivity index (χ1n) is 7.31. The molecule has 0 radical (unpaired) electrons. The average Bonchev–Trinajstić information content (AvgIpc) is 3.27. The Morgan fingerprint density at radius 3 is 2.57 bits per heavy atom. The third kappa shape index (κ3) is 3.36. The molecule has 1 aromatic carbocycles. The van der Waals surface area contributed by atoms with E-state index in [4.69, 9.17) is 9.47 Å². The topological polar surface area (TPSA) is 55.8 Å². The lowest BCUT2D eigenvalue weighted by Gasteiger charge is -2.23. The maximum absolute atomic E-state index is 13.1. The molecule has 0 spiro atoms. The fourth-order valence-electron chi connectivity index (χ4n) is 2.45. The minimum absolute atomic E-state index is 0.0757. The maximum Gasteiger partial charge on any atom is 0.247 e. The zero-order valence-corrected chi connectivity index (χ0v) is 14.7. The predicted molar refractivity (Wildman–Crippen MR) is 89.6 cm³/mol. The molecular formula is C16H19NO4S2. The fraction of sp³-hybridized carbons (Fsp3) is 0.375. The van der Waals surface area contributed by atoms with Crippen molar-refractivity contribution in [3.63, 3.8) is 0 Å². The Balaban J connectivity index is 1.98. The SMILES string of the molecule is COc1ccc(S(=O)(=O)N(Cc2ccsc2)C2CC2)c(OC)c1. The third-order valence-electron chi connectivity index (χ3n) is 3.83. The molecule has 0 bridgehead atoms. The Morgan fingerprint density at radius 1 is 1.22 bits per heavy atom. The summed E-state index contributed by atoms with van der Waals surface area (Å²) in [5.74, 6) is 0.872. The van der Waals surface area contributed by atoms with Crippen molar-refractivity contribution in [1.82, 2.24) is 4.31 Å². The molecule has 5 nitrogen and oxygen atoms in total. The number of nitrogens with zero attached hydrogens (tertiary/aromatic N) is 1. The number of benzene rings is 1. The van der Waals surface area contributed by atoms with Crippen LogP contribution in [0.2, 0.25) is 0 Å². The van der Waals surface area contributed by atoms with E-state index in [-0.39, 0.29) is 10.9 Å².